The summed E-state index contributed by atoms with van der Waals surface area (Å²) in [5.41, 5.74) is 0.734. The van der Waals surface area contributed by atoms with Crippen molar-refractivity contribution < 1.29 is 13.2 Å². The van der Waals surface area contributed by atoms with Crippen LogP contribution in [0.2, 0.25) is 5.15 Å². The fourth-order valence-corrected chi connectivity index (χ4v) is 2.86. The van der Waals surface area contributed by atoms with Crippen molar-refractivity contribution in [2.24, 2.45) is 5.14 Å². The van der Waals surface area contributed by atoms with Gasteiger partial charge in [-0.1, -0.05) is 11.6 Å². The van der Waals surface area contributed by atoms with E-state index in [0.29, 0.717) is 15.7 Å². The van der Waals surface area contributed by atoms with Crippen molar-refractivity contribution in [2.45, 2.75) is 4.90 Å². The van der Waals surface area contributed by atoms with Gasteiger partial charge in [0.25, 0.3) is 5.91 Å². The first kappa shape index (κ1) is 15.9. The molecule has 0 radical (unpaired) electrons. The number of anilines is 1. The highest BCUT2D eigenvalue weighted by atomic mass is 79.9. The van der Waals surface area contributed by atoms with Gasteiger partial charge < -0.3 is 5.32 Å². The van der Waals surface area contributed by atoms with E-state index in [2.05, 4.69) is 26.2 Å². The van der Waals surface area contributed by atoms with Crippen LogP contribution in [-0.4, -0.2) is 19.3 Å². The van der Waals surface area contributed by atoms with Crippen molar-refractivity contribution >= 4 is 49.1 Å². The minimum Gasteiger partial charge on any atom is -0.321 e. The fraction of sp³-hybridized carbons (Fsp3) is 0. The van der Waals surface area contributed by atoms with Gasteiger partial charge in [0, 0.05) is 16.2 Å². The standard InChI is InChI=1S/C12H9BrClN3O3S/c13-9-6-8(21(15,19)20)1-2-10(9)17-12(18)7-3-4-16-11(14)5-7/h1-6H,(H,17,18)(H2,15,19,20). The van der Waals surface area contributed by atoms with Crippen molar-refractivity contribution in [3.8, 4) is 0 Å². The zero-order valence-electron chi connectivity index (χ0n) is 10.4. The zero-order valence-corrected chi connectivity index (χ0v) is 13.5. The summed E-state index contributed by atoms with van der Waals surface area (Å²) < 4.78 is 22.8. The van der Waals surface area contributed by atoms with Gasteiger partial charge in [-0.3, -0.25) is 4.79 Å². The maximum absolute atomic E-state index is 12.0. The number of hydrogen-bond acceptors (Lipinski definition) is 4. The Morgan fingerprint density at radius 3 is 2.57 bits per heavy atom. The van der Waals surface area contributed by atoms with E-state index in [4.69, 9.17) is 16.7 Å². The first-order chi connectivity index (χ1) is 9.77. The molecule has 0 spiro atoms. The third-order valence-electron chi connectivity index (χ3n) is 2.51. The summed E-state index contributed by atoms with van der Waals surface area (Å²) in [5.74, 6) is -0.400. The minimum atomic E-state index is -3.80. The number of carbonyl (C=O) groups is 1. The predicted octanol–water partition coefficient (Wildman–Crippen LogP) is 2.40. The second-order valence-corrected chi connectivity index (χ2v) is 6.81. The molecule has 21 heavy (non-hydrogen) atoms. The van der Waals surface area contributed by atoms with Crippen LogP contribution < -0.4 is 10.5 Å². The second kappa shape index (κ2) is 6.10. The van der Waals surface area contributed by atoms with Gasteiger partial charge >= 0.3 is 0 Å². The third-order valence-corrected chi connectivity index (χ3v) is 4.28. The largest absolute Gasteiger partial charge is 0.321 e. The van der Waals surface area contributed by atoms with Crippen molar-refractivity contribution in [1.29, 1.82) is 0 Å². The van der Waals surface area contributed by atoms with Crippen LogP contribution >= 0.6 is 27.5 Å². The number of aromatic nitrogens is 1. The monoisotopic (exact) mass is 389 g/mol. The van der Waals surface area contributed by atoms with Crippen LogP contribution in [0.3, 0.4) is 0 Å². The molecule has 9 heteroatoms. The highest BCUT2D eigenvalue weighted by Crippen LogP contribution is 2.25. The number of pyridine rings is 1. The van der Waals surface area contributed by atoms with Gasteiger partial charge in [0.1, 0.15) is 5.15 Å². The maximum atomic E-state index is 12.0. The summed E-state index contributed by atoms with van der Waals surface area (Å²) in [4.78, 5) is 15.8. The fourth-order valence-electron chi connectivity index (χ4n) is 1.51. The number of carbonyl (C=O) groups excluding carboxylic acids is 1. The number of hydrogen-bond donors (Lipinski definition) is 2. The molecule has 0 unspecified atom stereocenters. The van der Waals surface area contributed by atoms with E-state index >= 15 is 0 Å². The molecule has 1 aromatic carbocycles. The average Bonchev–Trinajstić information content (AvgIpc) is 2.39. The lowest BCUT2D eigenvalue weighted by Gasteiger charge is -2.08. The molecule has 1 aromatic heterocycles. The van der Waals surface area contributed by atoms with Crippen LogP contribution in [-0.2, 0) is 10.0 Å². The molecule has 3 N–H and O–H groups in total. The second-order valence-electron chi connectivity index (χ2n) is 4.01. The van der Waals surface area contributed by atoms with Crippen LogP contribution in [0.4, 0.5) is 5.69 Å². The van der Waals surface area contributed by atoms with Gasteiger partial charge in [0.05, 0.1) is 10.6 Å². The summed E-state index contributed by atoms with van der Waals surface area (Å²) in [6, 6.07) is 6.97. The van der Waals surface area contributed by atoms with Gasteiger partial charge in [-0.2, -0.15) is 0 Å². The lowest BCUT2D eigenvalue weighted by atomic mass is 10.2. The number of benzene rings is 1. The summed E-state index contributed by atoms with van der Waals surface area (Å²) in [5, 5.41) is 7.85. The SMILES string of the molecule is NS(=O)(=O)c1ccc(NC(=O)c2ccnc(Cl)c2)c(Br)c1. The van der Waals surface area contributed by atoms with E-state index in [1.807, 2.05) is 0 Å². The molecule has 0 aliphatic rings. The Bertz CT molecular complexity index is 811. The van der Waals surface area contributed by atoms with Crippen LogP contribution in [0.25, 0.3) is 0 Å². The lowest BCUT2D eigenvalue weighted by Crippen LogP contribution is -2.14. The minimum absolute atomic E-state index is 0.0562. The molecule has 0 aliphatic heterocycles. The van der Waals surface area contributed by atoms with E-state index in [1.54, 1.807) is 0 Å². The number of rotatable bonds is 3. The number of sulfonamides is 1. The molecule has 1 heterocycles. The molecule has 0 atom stereocenters. The van der Waals surface area contributed by atoms with Crippen LogP contribution in [0, 0.1) is 0 Å². The van der Waals surface area contributed by atoms with Crippen molar-refractivity contribution in [2.75, 3.05) is 5.32 Å². The Hall–Kier alpha value is -1.48. The van der Waals surface area contributed by atoms with Crippen molar-refractivity contribution in [1.82, 2.24) is 4.98 Å². The smallest absolute Gasteiger partial charge is 0.255 e. The number of halogens is 2. The molecule has 110 valence electrons. The van der Waals surface area contributed by atoms with Crippen molar-refractivity contribution in [3.63, 3.8) is 0 Å². The van der Waals surface area contributed by atoms with E-state index in [0.717, 1.165) is 0 Å². The summed E-state index contributed by atoms with van der Waals surface area (Å²) in [6.07, 6.45) is 1.41. The first-order valence-electron chi connectivity index (χ1n) is 5.52. The van der Waals surface area contributed by atoms with Crippen molar-refractivity contribution in [3.05, 3.63) is 51.7 Å². The Morgan fingerprint density at radius 2 is 2.00 bits per heavy atom. The van der Waals surface area contributed by atoms with E-state index < -0.39 is 15.9 Å². The first-order valence-corrected chi connectivity index (χ1v) is 8.24. The van der Waals surface area contributed by atoms with E-state index in [9.17, 15) is 13.2 Å². The number of amides is 1. The molecule has 0 saturated carbocycles. The third kappa shape index (κ3) is 4.01. The lowest BCUT2D eigenvalue weighted by molar-refractivity contribution is 0.102. The number of nitrogens with two attached hydrogens (primary N) is 1. The van der Waals surface area contributed by atoms with Crippen LogP contribution in [0.1, 0.15) is 10.4 Å². The predicted molar refractivity (Wildman–Crippen MR) is 82.7 cm³/mol. The van der Waals surface area contributed by atoms with Gasteiger partial charge in [-0.15, -0.1) is 0 Å². The van der Waals surface area contributed by atoms with Gasteiger partial charge in [-0.25, -0.2) is 18.5 Å². The van der Waals surface area contributed by atoms with Gasteiger partial charge in [-0.05, 0) is 46.3 Å². The highest BCUT2D eigenvalue weighted by molar-refractivity contribution is 9.10. The quantitative estimate of drug-likeness (QED) is 0.786. The molecule has 1 amide bonds. The number of nitrogens with zero attached hydrogens (tertiary/aromatic N) is 1. The van der Waals surface area contributed by atoms with Gasteiger partial charge in [0.15, 0.2) is 0 Å². The molecule has 0 saturated heterocycles. The van der Waals surface area contributed by atoms with Gasteiger partial charge in [0.2, 0.25) is 10.0 Å². The molecule has 0 fully saturated rings. The Balaban J connectivity index is 2.26. The zero-order chi connectivity index (χ0) is 15.6. The average molecular weight is 391 g/mol. The normalized spacial score (nSPS) is 11.2. The van der Waals surface area contributed by atoms with Crippen LogP contribution in [0.15, 0.2) is 45.9 Å². The molecule has 2 aromatic rings. The van der Waals surface area contributed by atoms with E-state index in [-0.39, 0.29) is 10.0 Å². The molecular weight excluding hydrogens is 382 g/mol. The maximum Gasteiger partial charge on any atom is 0.255 e. The topological polar surface area (TPSA) is 102 Å². The summed E-state index contributed by atoms with van der Waals surface area (Å²) >= 11 is 8.90. The molecule has 0 bridgehead atoms. The summed E-state index contributed by atoms with van der Waals surface area (Å²) in [6.45, 7) is 0. The molecule has 2 rings (SSSR count). The molecular formula is C12H9BrClN3O3S. The Labute approximate surface area is 134 Å². The van der Waals surface area contributed by atoms with E-state index in [1.165, 1.54) is 36.5 Å². The summed E-state index contributed by atoms with van der Waals surface area (Å²) in [7, 11) is -3.80. The van der Waals surface area contributed by atoms with Crippen LogP contribution in [0.5, 0.6) is 0 Å². The molecule has 6 nitrogen and oxygen atoms in total. The number of nitrogens with one attached hydrogen (secondary N) is 1. The molecule has 0 aliphatic carbocycles. The highest BCUT2D eigenvalue weighted by Gasteiger charge is 2.13. The Kier molecular flexibility index (Phi) is 4.62. The Morgan fingerprint density at radius 1 is 1.29 bits per heavy atom. The number of primary sulfonamides is 1.